The van der Waals surface area contributed by atoms with Crippen molar-refractivity contribution < 1.29 is 18.3 Å². The smallest absolute Gasteiger partial charge is 0.337 e. The molecule has 0 aliphatic rings. The lowest BCUT2D eigenvalue weighted by atomic mass is 10.2. The van der Waals surface area contributed by atoms with Crippen LogP contribution < -0.4 is 4.72 Å². The van der Waals surface area contributed by atoms with Crippen LogP contribution in [-0.4, -0.2) is 26.5 Å². The topological polar surface area (TPSA) is 83.5 Å². The van der Waals surface area contributed by atoms with Gasteiger partial charge in [-0.1, -0.05) is 23.2 Å². The zero-order valence-corrected chi connectivity index (χ0v) is 10.3. The van der Waals surface area contributed by atoms with Gasteiger partial charge < -0.3 is 5.11 Å². The van der Waals surface area contributed by atoms with E-state index in [9.17, 15) is 13.2 Å². The summed E-state index contributed by atoms with van der Waals surface area (Å²) in [6.45, 7) is 0. The number of sulfonamides is 1. The predicted octanol–water partition coefficient (Wildman–Crippen LogP) is 1.60. The van der Waals surface area contributed by atoms with Gasteiger partial charge in [0, 0.05) is 0 Å². The number of aromatic carboxylic acids is 1. The summed E-state index contributed by atoms with van der Waals surface area (Å²) in [7, 11) is -2.72. The minimum Gasteiger partial charge on any atom is -0.478 e. The Bertz CT molecular complexity index is 541. The van der Waals surface area contributed by atoms with E-state index in [0.717, 1.165) is 6.07 Å². The van der Waals surface area contributed by atoms with E-state index < -0.39 is 25.9 Å². The van der Waals surface area contributed by atoms with Gasteiger partial charge in [-0.05, 0) is 19.2 Å². The van der Waals surface area contributed by atoms with Gasteiger partial charge in [0.25, 0.3) is 0 Å². The van der Waals surface area contributed by atoms with Gasteiger partial charge in [-0.2, -0.15) is 0 Å². The molecule has 0 unspecified atom stereocenters. The highest BCUT2D eigenvalue weighted by molar-refractivity contribution is 7.89. The van der Waals surface area contributed by atoms with Gasteiger partial charge in [0.05, 0.1) is 15.6 Å². The number of benzene rings is 1. The molecule has 8 heteroatoms. The molecule has 0 amide bonds. The second kappa shape index (κ2) is 4.58. The summed E-state index contributed by atoms with van der Waals surface area (Å²) < 4.78 is 25.1. The Morgan fingerprint density at radius 3 is 2.38 bits per heavy atom. The lowest BCUT2D eigenvalue weighted by molar-refractivity contribution is 0.0697. The molecule has 2 N–H and O–H groups in total. The summed E-state index contributed by atoms with van der Waals surface area (Å²) in [4.78, 5) is 10.3. The first-order valence-corrected chi connectivity index (χ1v) is 6.20. The molecule has 0 bridgehead atoms. The van der Waals surface area contributed by atoms with Crippen molar-refractivity contribution in [2.75, 3.05) is 7.05 Å². The molecule has 0 aromatic heterocycles. The monoisotopic (exact) mass is 283 g/mol. The molecule has 0 atom stereocenters. The second-order valence-corrected chi connectivity index (χ2v) is 5.36. The fourth-order valence-electron chi connectivity index (χ4n) is 1.05. The number of nitrogens with one attached hydrogen (secondary N) is 1. The number of carbonyl (C=O) groups is 1. The van der Waals surface area contributed by atoms with Crippen LogP contribution in [0.25, 0.3) is 0 Å². The quantitative estimate of drug-likeness (QED) is 0.883. The van der Waals surface area contributed by atoms with Crippen LogP contribution in [-0.2, 0) is 10.0 Å². The van der Waals surface area contributed by atoms with Crippen LogP contribution in [0.5, 0.6) is 0 Å². The Morgan fingerprint density at radius 1 is 1.38 bits per heavy atom. The number of halogens is 2. The molecule has 5 nitrogen and oxygen atoms in total. The molecule has 0 aliphatic carbocycles. The molecule has 1 aromatic rings. The average Bonchev–Trinajstić information content (AvgIpc) is 2.16. The number of carboxylic acids is 1. The van der Waals surface area contributed by atoms with Crippen LogP contribution in [0, 0.1) is 0 Å². The molecular weight excluding hydrogens is 277 g/mol. The molecular formula is C8H7Cl2NO4S. The van der Waals surface area contributed by atoms with E-state index in [-0.39, 0.29) is 10.6 Å². The SMILES string of the molecule is CNS(=O)(=O)c1c(Cl)ccc(C(=O)O)c1Cl. The number of hydrogen-bond acceptors (Lipinski definition) is 3. The maximum absolute atomic E-state index is 11.5. The predicted molar refractivity (Wildman–Crippen MR) is 59.7 cm³/mol. The zero-order chi connectivity index (χ0) is 12.5. The Kier molecular flexibility index (Phi) is 3.80. The first-order chi connectivity index (χ1) is 7.31. The summed E-state index contributed by atoms with van der Waals surface area (Å²) in [5.41, 5.74) is -0.320. The van der Waals surface area contributed by atoms with Gasteiger partial charge in [-0.15, -0.1) is 0 Å². The van der Waals surface area contributed by atoms with E-state index in [0.29, 0.717) is 0 Å². The molecule has 0 aliphatic heterocycles. The molecule has 0 fully saturated rings. The van der Waals surface area contributed by atoms with Crippen LogP contribution in [0.1, 0.15) is 10.4 Å². The first kappa shape index (κ1) is 13.2. The van der Waals surface area contributed by atoms with Gasteiger partial charge in [0.1, 0.15) is 4.90 Å². The Labute approximate surface area is 102 Å². The van der Waals surface area contributed by atoms with Gasteiger partial charge >= 0.3 is 5.97 Å². The average molecular weight is 284 g/mol. The molecule has 0 heterocycles. The number of rotatable bonds is 3. The maximum atomic E-state index is 11.5. The molecule has 0 spiro atoms. The van der Waals surface area contributed by atoms with Crippen molar-refractivity contribution in [3.8, 4) is 0 Å². The van der Waals surface area contributed by atoms with Gasteiger partial charge in [0.15, 0.2) is 0 Å². The molecule has 0 saturated heterocycles. The second-order valence-electron chi connectivity index (χ2n) is 2.75. The Hall–Kier alpha value is -0.820. The van der Waals surface area contributed by atoms with Crippen molar-refractivity contribution in [2.45, 2.75) is 4.90 Å². The summed E-state index contributed by atoms with van der Waals surface area (Å²) in [5.74, 6) is -1.32. The lowest BCUT2D eigenvalue weighted by Crippen LogP contribution is -2.20. The minimum absolute atomic E-state index is 0.135. The number of hydrogen-bond donors (Lipinski definition) is 2. The van der Waals surface area contributed by atoms with Gasteiger partial charge in [0.2, 0.25) is 10.0 Å². The summed E-state index contributed by atoms with van der Waals surface area (Å²) >= 11 is 11.4. The van der Waals surface area contributed by atoms with Crippen LogP contribution in [0.2, 0.25) is 10.0 Å². The molecule has 0 radical (unpaired) electrons. The zero-order valence-electron chi connectivity index (χ0n) is 7.99. The third-order valence-electron chi connectivity index (χ3n) is 1.82. The van der Waals surface area contributed by atoms with Crippen molar-refractivity contribution >= 4 is 39.2 Å². The van der Waals surface area contributed by atoms with Crippen LogP contribution in [0.4, 0.5) is 0 Å². The Morgan fingerprint density at radius 2 is 1.94 bits per heavy atom. The summed E-state index contributed by atoms with van der Waals surface area (Å²) in [6, 6.07) is 2.31. The lowest BCUT2D eigenvalue weighted by Gasteiger charge is -2.09. The molecule has 0 saturated carbocycles. The van der Waals surface area contributed by atoms with E-state index in [1.807, 2.05) is 4.72 Å². The fourth-order valence-corrected chi connectivity index (χ4v) is 2.98. The third kappa shape index (κ3) is 2.30. The van der Waals surface area contributed by atoms with E-state index in [4.69, 9.17) is 28.3 Å². The van der Waals surface area contributed by atoms with Gasteiger partial charge in [-0.25, -0.2) is 17.9 Å². The van der Waals surface area contributed by atoms with Crippen molar-refractivity contribution in [1.29, 1.82) is 0 Å². The molecule has 88 valence electrons. The number of carboxylic acid groups (broad SMARTS) is 1. The highest BCUT2D eigenvalue weighted by Crippen LogP contribution is 2.31. The first-order valence-electron chi connectivity index (χ1n) is 3.96. The van der Waals surface area contributed by atoms with E-state index in [1.54, 1.807) is 0 Å². The van der Waals surface area contributed by atoms with Crippen LogP contribution >= 0.6 is 23.2 Å². The van der Waals surface area contributed by atoms with Crippen molar-refractivity contribution in [1.82, 2.24) is 4.72 Å². The van der Waals surface area contributed by atoms with Crippen molar-refractivity contribution in [3.63, 3.8) is 0 Å². The Balaban J connectivity index is 3.63. The van der Waals surface area contributed by atoms with Crippen LogP contribution in [0.3, 0.4) is 0 Å². The minimum atomic E-state index is -3.89. The largest absolute Gasteiger partial charge is 0.478 e. The van der Waals surface area contributed by atoms with Crippen molar-refractivity contribution in [3.05, 3.63) is 27.7 Å². The molecule has 1 aromatic carbocycles. The molecule has 16 heavy (non-hydrogen) atoms. The van der Waals surface area contributed by atoms with Crippen molar-refractivity contribution in [2.24, 2.45) is 0 Å². The molecule has 1 rings (SSSR count). The highest BCUT2D eigenvalue weighted by atomic mass is 35.5. The van der Waals surface area contributed by atoms with E-state index >= 15 is 0 Å². The van der Waals surface area contributed by atoms with Crippen LogP contribution in [0.15, 0.2) is 17.0 Å². The summed E-state index contributed by atoms with van der Waals surface area (Å²) in [6.07, 6.45) is 0. The highest BCUT2D eigenvalue weighted by Gasteiger charge is 2.24. The van der Waals surface area contributed by atoms with Gasteiger partial charge in [-0.3, -0.25) is 0 Å². The third-order valence-corrected chi connectivity index (χ3v) is 4.25. The van der Waals surface area contributed by atoms with E-state index in [2.05, 4.69) is 0 Å². The normalized spacial score (nSPS) is 11.4. The summed E-state index contributed by atoms with van der Waals surface area (Å²) in [5, 5.41) is 8.23. The fraction of sp³-hybridized carbons (Fsp3) is 0.125. The standard InChI is InChI=1S/C8H7Cl2NO4S/c1-11-16(14,15)7-5(9)3-2-4(6(7)10)8(12)13/h2-3,11H,1H3,(H,12,13). The van der Waals surface area contributed by atoms with E-state index in [1.165, 1.54) is 13.1 Å². The maximum Gasteiger partial charge on any atom is 0.337 e.